The number of rotatable bonds is 3. The van der Waals surface area contributed by atoms with Gasteiger partial charge in [-0.2, -0.15) is 0 Å². The second-order valence-corrected chi connectivity index (χ2v) is 4.87. The minimum Gasteiger partial charge on any atom is -0.330 e. The van der Waals surface area contributed by atoms with Crippen LogP contribution in [0, 0.1) is 10.8 Å². The van der Waals surface area contributed by atoms with E-state index in [9.17, 15) is 0 Å². The van der Waals surface area contributed by atoms with Crippen molar-refractivity contribution in [3.05, 3.63) is 12.2 Å². The summed E-state index contributed by atoms with van der Waals surface area (Å²) in [6, 6.07) is 0. The van der Waals surface area contributed by atoms with Crippen molar-refractivity contribution in [3.63, 3.8) is 0 Å². The van der Waals surface area contributed by atoms with E-state index in [1.807, 2.05) is 0 Å². The maximum Gasteiger partial charge on any atom is 0.00143 e. The molecular weight excluding hydrogens is 194 g/mol. The third-order valence-electron chi connectivity index (χ3n) is 3.83. The summed E-state index contributed by atoms with van der Waals surface area (Å²) >= 11 is 0. The van der Waals surface area contributed by atoms with Crippen LogP contribution in [0.1, 0.15) is 46.5 Å². The van der Waals surface area contributed by atoms with Gasteiger partial charge in [-0.3, -0.25) is 0 Å². The Morgan fingerprint density at radius 1 is 1.29 bits per heavy atom. The molecule has 2 atom stereocenters. The molecule has 0 radical (unpaired) electrons. The zero-order valence-corrected chi connectivity index (χ0v) is 10.5. The van der Waals surface area contributed by atoms with Crippen LogP contribution in [-0.4, -0.2) is 6.54 Å². The molecule has 0 spiro atoms. The van der Waals surface area contributed by atoms with E-state index in [1.54, 1.807) is 0 Å². The molecule has 0 amide bonds. The van der Waals surface area contributed by atoms with Gasteiger partial charge < -0.3 is 5.73 Å². The van der Waals surface area contributed by atoms with Gasteiger partial charge in [0.15, 0.2) is 0 Å². The SMILES string of the molecule is CCC1(C)CC=CC(CC)(CN)C1.Cl. The Hall–Kier alpha value is -0.0100. The first-order valence-corrected chi connectivity index (χ1v) is 5.47. The third kappa shape index (κ3) is 2.74. The van der Waals surface area contributed by atoms with Gasteiger partial charge in [0.1, 0.15) is 0 Å². The molecule has 1 aliphatic rings. The molecule has 0 saturated heterocycles. The first-order chi connectivity index (χ1) is 6.10. The van der Waals surface area contributed by atoms with E-state index in [0.717, 1.165) is 6.54 Å². The summed E-state index contributed by atoms with van der Waals surface area (Å²) in [5.41, 5.74) is 6.66. The van der Waals surface area contributed by atoms with E-state index < -0.39 is 0 Å². The molecule has 2 N–H and O–H groups in total. The van der Waals surface area contributed by atoms with E-state index in [2.05, 4.69) is 32.9 Å². The van der Waals surface area contributed by atoms with Gasteiger partial charge in [0.05, 0.1) is 0 Å². The van der Waals surface area contributed by atoms with Crippen LogP contribution in [0.4, 0.5) is 0 Å². The van der Waals surface area contributed by atoms with Gasteiger partial charge in [-0.15, -0.1) is 12.4 Å². The molecule has 0 aromatic rings. The smallest absolute Gasteiger partial charge is 0.00143 e. The monoisotopic (exact) mass is 217 g/mol. The summed E-state index contributed by atoms with van der Waals surface area (Å²) in [5, 5.41) is 0. The highest BCUT2D eigenvalue weighted by atomic mass is 35.5. The fourth-order valence-corrected chi connectivity index (χ4v) is 2.37. The average Bonchev–Trinajstić information content (AvgIpc) is 2.18. The van der Waals surface area contributed by atoms with Crippen molar-refractivity contribution in [3.8, 4) is 0 Å². The number of hydrogen-bond acceptors (Lipinski definition) is 1. The van der Waals surface area contributed by atoms with Gasteiger partial charge in [-0.1, -0.05) is 39.3 Å². The van der Waals surface area contributed by atoms with Crippen LogP contribution in [0.15, 0.2) is 12.2 Å². The lowest BCUT2D eigenvalue weighted by Gasteiger charge is -2.41. The quantitative estimate of drug-likeness (QED) is 0.720. The van der Waals surface area contributed by atoms with E-state index in [0.29, 0.717) is 10.8 Å². The van der Waals surface area contributed by atoms with Crippen molar-refractivity contribution in [2.24, 2.45) is 16.6 Å². The van der Waals surface area contributed by atoms with Crippen LogP contribution < -0.4 is 5.73 Å². The van der Waals surface area contributed by atoms with Crippen LogP contribution >= 0.6 is 12.4 Å². The predicted octanol–water partition coefficient (Wildman–Crippen LogP) is 3.53. The van der Waals surface area contributed by atoms with Crippen LogP contribution in [0.3, 0.4) is 0 Å². The zero-order valence-electron chi connectivity index (χ0n) is 9.68. The van der Waals surface area contributed by atoms with Crippen molar-refractivity contribution < 1.29 is 0 Å². The van der Waals surface area contributed by atoms with E-state index in [1.165, 1.54) is 25.7 Å². The lowest BCUT2D eigenvalue weighted by Crippen LogP contribution is -2.36. The van der Waals surface area contributed by atoms with Crippen molar-refractivity contribution >= 4 is 12.4 Å². The van der Waals surface area contributed by atoms with Crippen molar-refractivity contribution in [2.75, 3.05) is 6.54 Å². The molecule has 0 heterocycles. The van der Waals surface area contributed by atoms with Crippen LogP contribution in [0.5, 0.6) is 0 Å². The number of halogens is 1. The number of hydrogen-bond donors (Lipinski definition) is 1. The first kappa shape index (κ1) is 14.0. The first-order valence-electron chi connectivity index (χ1n) is 5.47. The maximum atomic E-state index is 5.87. The van der Waals surface area contributed by atoms with Gasteiger partial charge >= 0.3 is 0 Å². The van der Waals surface area contributed by atoms with Crippen molar-refractivity contribution in [1.82, 2.24) is 0 Å². The summed E-state index contributed by atoms with van der Waals surface area (Å²) in [5.74, 6) is 0. The molecule has 0 fully saturated rings. The molecule has 0 saturated carbocycles. The molecular formula is C12H24ClN. The number of allylic oxidation sites excluding steroid dienone is 1. The Balaban J connectivity index is 0.00000169. The molecule has 1 nitrogen and oxygen atoms in total. The minimum absolute atomic E-state index is 0. The Labute approximate surface area is 94.6 Å². The average molecular weight is 218 g/mol. The van der Waals surface area contributed by atoms with E-state index >= 15 is 0 Å². The van der Waals surface area contributed by atoms with Gasteiger partial charge in [-0.25, -0.2) is 0 Å². The fourth-order valence-electron chi connectivity index (χ4n) is 2.37. The Morgan fingerprint density at radius 2 is 1.93 bits per heavy atom. The van der Waals surface area contributed by atoms with Crippen LogP contribution in [-0.2, 0) is 0 Å². The molecule has 14 heavy (non-hydrogen) atoms. The highest BCUT2D eigenvalue weighted by Crippen LogP contribution is 2.45. The van der Waals surface area contributed by atoms with Crippen molar-refractivity contribution in [2.45, 2.75) is 46.5 Å². The summed E-state index contributed by atoms with van der Waals surface area (Å²) in [4.78, 5) is 0. The van der Waals surface area contributed by atoms with Gasteiger partial charge in [0.25, 0.3) is 0 Å². The molecule has 0 bridgehead atoms. The topological polar surface area (TPSA) is 26.0 Å². The molecule has 0 aromatic carbocycles. The largest absolute Gasteiger partial charge is 0.330 e. The zero-order chi connectivity index (χ0) is 9.95. The lowest BCUT2D eigenvalue weighted by atomic mass is 9.64. The summed E-state index contributed by atoms with van der Waals surface area (Å²) in [6.45, 7) is 7.72. The lowest BCUT2D eigenvalue weighted by molar-refractivity contribution is 0.165. The molecule has 0 aliphatic heterocycles. The minimum atomic E-state index is 0. The molecule has 2 unspecified atom stereocenters. The molecule has 2 heteroatoms. The summed E-state index contributed by atoms with van der Waals surface area (Å²) in [6.07, 6.45) is 9.62. The maximum absolute atomic E-state index is 5.87. The van der Waals surface area contributed by atoms with Gasteiger partial charge in [0, 0.05) is 12.0 Å². The Kier molecular flexibility index (Phi) is 5.17. The Morgan fingerprint density at radius 3 is 2.36 bits per heavy atom. The van der Waals surface area contributed by atoms with E-state index in [-0.39, 0.29) is 12.4 Å². The van der Waals surface area contributed by atoms with Gasteiger partial charge in [0.2, 0.25) is 0 Å². The third-order valence-corrected chi connectivity index (χ3v) is 3.83. The fraction of sp³-hybridized carbons (Fsp3) is 0.833. The van der Waals surface area contributed by atoms with Crippen molar-refractivity contribution in [1.29, 1.82) is 0 Å². The van der Waals surface area contributed by atoms with E-state index in [4.69, 9.17) is 5.73 Å². The molecule has 1 aliphatic carbocycles. The summed E-state index contributed by atoms with van der Waals surface area (Å²) < 4.78 is 0. The molecule has 84 valence electrons. The summed E-state index contributed by atoms with van der Waals surface area (Å²) in [7, 11) is 0. The van der Waals surface area contributed by atoms with Crippen LogP contribution in [0.25, 0.3) is 0 Å². The highest BCUT2D eigenvalue weighted by Gasteiger charge is 2.35. The van der Waals surface area contributed by atoms with Crippen LogP contribution in [0.2, 0.25) is 0 Å². The molecule has 0 aromatic heterocycles. The second-order valence-electron chi connectivity index (χ2n) is 4.87. The van der Waals surface area contributed by atoms with Gasteiger partial charge in [-0.05, 0) is 24.7 Å². The normalized spacial score (nSPS) is 36.6. The predicted molar refractivity (Wildman–Crippen MR) is 65.8 cm³/mol. The Bertz CT molecular complexity index is 196. The highest BCUT2D eigenvalue weighted by molar-refractivity contribution is 5.85. The number of nitrogens with two attached hydrogens (primary N) is 1. The second kappa shape index (κ2) is 5.18. The molecule has 1 rings (SSSR count). The standard InChI is InChI=1S/C12H23N.ClH/c1-4-11(3)7-6-8-12(5-2,9-11)10-13;/h6,8H,4-5,7,9-10,13H2,1-3H3;1H.